The Morgan fingerprint density at radius 1 is 1.39 bits per heavy atom. The summed E-state index contributed by atoms with van der Waals surface area (Å²) in [6.45, 7) is 2.37. The second-order valence-electron chi connectivity index (χ2n) is 3.59. The van der Waals surface area contributed by atoms with Crippen molar-refractivity contribution in [1.82, 2.24) is 0 Å². The Kier molecular flexibility index (Phi) is 4.04. The maximum absolute atomic E-state index is 12.4. The first kappa shape index (κ1) is 13.1. The predicted octanol–water partition coefficient (Wildman–Crippen LogP) is 3.72. The van der Waals surface area contributed by atoms with E-state index < -0.39 is 0 Å². The van der Waals surface area contributed by atoms with Gasteiger partial charge in [-0.05, 0) is 47.1 Å². The van der Waals surface area contributed by atoms with Gasteiger partial charge < -0.3 is 10.5 Å². The smallest absolute Gasteiger partial charge is 0.208 e. The average Bonchev–Trinajstić information content (AvgIpc) is 2.76. The highest BCUT2D eigenvalue weighted by atomic mass is 79.9. The van der Waals surface area contributed by atoms with Gasteiger partial charge in [0.1, 0.15) is 5.75 Å². The molecule has 0 saturated carbocycles. The van der Waals surface area contributed by atoms with Crippen molar-refractivity contribution in [3.8, 4) is 5.75 Å². The molecule has 0 aliphatic heterocycles. The molecule has 0 aliphatic rings. The minimum atomic E-state index is -0.104. The molecule has 0 bridgehead atoms. The summed E-state index contributed by atoms with van der Waals surface area (Å²) >= 11 is 4.73. The fourth-order valence-electron chi connectivity index (χ4n) is 1.63. The molecule has 0 unspecified atom stereocenters. The van der Waals surface area contributed by atoms with Gasteiger partial charge in [0.05, 0.1) is 20.8 Å². The number of ether oxygens (including phenoxy) is 1. The number of nitrogens with two attached hydrogens (primary N) is 1. The molecule has 0 spiro atoms. The van der Waals surface area contributed by atoms with Crippen LogP contribution in [0.1, 0.15) is 22.2 Å². The highest BCUT2D eigenvalue weighted by Gasteiger charge is 2.19. The first-order valence-electron chi connectivity index (χ1n) is 5.44. The summed E-state index contributed by atoms with van der Waals surface area (Å²) in [7, 11) is 0. The molecule has 5 heteroatoms. The van der Waals surface area contributed by atoms with Crippen LogP contribution in [0.25, 0.3) is 0 Å². The quantitative estimate of drug-likeness (QED) is 0.688. The van der Waals surface area contributed by atoms with Crippen LogP contribution in [0.5, 0.6) is 5.75 Å². The fraction of sp³-hybridized carbons (Fsp3) is 0.154. The Bertz CT molecular complexity index is 580. The molecule has 2 N–H and O–H groups in total. The van der Waals surface area contributed by atoms with E-state index in [9.17, 15) is 4.79 Å². The number of anilines is 1. The van der Waals surface area contributed by atoms with Crippen molar-refractivity contribution in [3.05, 3.63) is 44.6 Å². The van der Waals surface area contributed by atoms with Crippen molar-refractivity contribution in [2.24, 2.45) is 0 Å². The molecule has 0 aliphatic carbocycles. The third-order valence-electron chi connectivity index (χ3n) is 2.38. The second kappa shape index (κ2) is 5.54. The summed E-state index contributed by atoms with van der Waals surface area (Å²) < 4.78 is 6.37. The zero-order valence-electron chi connectivity index (χ0n) is 9.77. The predicted molar refractivity (Wildman–Crippen MR) is 77.5 cm³/mol. The zero-order valence-corrected chi connectivity index (χ0v) is 12.2. The Hall–Kier alpha value is -1.33. The third kappa shape index (κ3) is 2.57. The monoisotopic (exact) mass is 325 g/mol. The maximum Gasteiger partial charge on any atom is 0.208 e. The number of benzene rings is 1. The molecule has 2 aromatic rings. The number of halogens is 1. The Labute approximate surface area is 118 Å². The number of ketones is 1. The molecule has 2 rings (SSSR count). The molecule has 1 aromatic carbocycles. The van der Waals surface area contributed by atoms with Crippen LogP contribution >= 0.6 is 27.3 Å². The maximum atomic E-state index is 12.4. The summed E-state index contributed by atoms with van der Waals surface area (Å²) in [5.74, 6) is 0.430. The van der Waals surface area contributed by atoms with Crippen LogP contribution in [-0.4, -0.2) is 12.4 Å². The summed E-state index contributed by atoms with van der Waals surface area (Å²) in [6.07, 6.45) is 0. The highest BCUT2D eigenvalue weighted by molar-refractivity contribution is 9.11. The molecule has 0 saturated heterocycles. The average molecular weight is 326 g/mol. The fourth-order valence-corrected chi connectivity index (χ4v) is 2.96. The van der Waals surface area contributed by atoms with E-state index in [1.165, 1.54) is 11.3 Å². The molecular weight excluding hydrogens is 314 g/mol. The van der Waals surface area contributed by atoms with Crippen LogP contribution in [0.2, 0.25) is 0 Å². The summed E-state index contributed by atoms with van der Waals surface area (Å²) in [4.78, 5) is 13.0. The molecule has 0 atom stereocenters. The van der Waals surface area contributed by atoms with Crippen molar-refractivity contribution in [1.29, 1.82) is 0 Å². The lowest BCUT2D eigenvalue weighted by atomic mass is 10.1. The second-order valence-corrected chi connectivity index (χ2v) is 6.05. The molecular formula is C13H12BrNO2S. The molecule has 0 radical (unpaired) electrons. The lowest BCUT2D eigenvalue weighted by Crippen LogP contribution is -2.07. The van der Waals surface area contributed by atoms with Crippen LogP contribution in [-0.2, 0) is 0 Å². The number of carbonyl (C=O) groups excluding carboxylic acids is 1. The largest absolute Gasteiger partial charge is 0.493 e. The van der Waals surface area contributed by atoms with Gasteiger partial charge in [-0.25, -0.2) is 0 Å². The number of hydrogen-bond donors (Lipinski definition) is 1. The minimum Gasteiger partial charge on any atom is -0.493 e. The first-order valence-corrected chi connectivity index (χ1v) is 7.05. The van der Waals surface area contributed by atoms with Crippen molar-refractivity contribution in [2.45, 2.75) is 6.92 Å². The van der Waals surface area contributed by atoms with E-state index >= 15 is 0 Å². The van der Waals surface area contributed by atoms with Gasteiger partial charge >= 0.3 is 0 Å². The van der Waals surface area contributed by atoms with Gasteiger partial charge in [0.15, 0.2) is 0 Å². The SMILES string of the molecule is CCOc1cccc(N)c1C(=O)c1ccc(Br)s1. The van der Waals surface area contributed by atoms with E-state index in [-0.39, 0.29) is 5.78 Å². The van der Waals surface area contributed by atoms with E-state index in [4.69, 9.17) is 10.5 Å². The number of hydrogen-bond acceptors (Lipinski definition) is 4. The lowest BCUT2D eigenvalue weighted by molar-refractivity contribution is 0.104. The standard InChI is InChI=1S/C13H12BrNO2S/c1-2-17-9-5-3-4-8(15)12(9)13(16)10-6-7-11(14)18-10/h3-7H,2,15H2,1H3. The van der Waals surface area contributed by atoms with E-state index in [1.54, 1.807) is 24.3 Å². The van der Waals surface area contributed by atoms with E-state index in [1.807, 2.05) is 13.0 Å². The Morgan fingerprint density at radius 2 is 2.17 bits per heavy atom. The van der Waals surface area contributed by atoms with Crippen LogP contribution < -0.4 is 10.5 Å². The van der Waals surface area contributed by atoms with Gasteiger partial charge in [0.25, 0.3) is 0 Å². The molecule has 0 fully saturated rings. The Morgan fingerprint density at radius 3 is 2.78 bits per heavy atom. The minimum absolute atomic E-state index is 0.104. The van der Waals surface area contributed by atoms with Crippen LogP contribution in [0.4, 0.5) is 5.69 Å². The molecule has 1 heterocycles. The van der Waals surface area contributed by atoms with Crippen molar-refractivity contribution >= 4 is 38.7 Å². The first-order chi connectivity index (χ1) is 8.63. The number of nitrogen functional groups attached to an aromatic ring is 1. The Balaban J connectivity index is 2.46. The molecule has 1 aromatic heterocycles. The van der Waals surface area contributed by atoms with Gasteiger partial charge in [-0.3, -0.25) is 4.79 Å². The number of carbonyl (C=O) groups is 1. The van der Waals surface area contributed by atoms with Gasteiger partial charge in [-0.2, -0.15) is 0 Å². The summed E-state index contributed by atoms with van der Waals surface area (Å²) in [5.41, 5.74) is 6.77. The van der Waals surface area contributed by atoms with Crippen molar-refractivity contribution in [2.75, 3.05) is 12.3 Å². The van der Waals surface area contributed by atoms with E-state index in [0.717, 1.165) is 3.79 Å². The molecule has 3 nitrogen and oxygen atoms in total. The van der Waals surface area contributed by atoms with Crippen molar-refractivity contribution in [3.63, 3.8) is 0 Å². The van der Waals surface area contributed by atoms with Crippen LogP contribution in [0.15, 0.2) is 34.1 Å². The van der Waals surface area contributed by atoms with Gasteiger partial charge in [-0.1, -0.05) is 6.07 Å². The topological polar surface area (TPSA) is 52.3 Å². The van der Waals surface area contributed by atoms with Crippen LogP contribution in [0.3, 0.4) is 0 Å². The van der Waals surface area contributed by atoms with E-state index in [2.05, 4.69) is 15.9 Å². The molecule has 18 heavy (non-hydrogen) atoms. The normalized spacial score (nSPS) is 10.3. The van der Waals surface area contributed by atoms with Crippen molar-refractivity contribution < 1.29 is 9.53 Å². The van der Waals surface area contributed by atoms with Gasteiger partial charge in [0, 0.05) is 5.69 Å². The van der Waals surface area contributed by atoms with Gasteiger partial charge in [-0.15, -0.1) is 11.3 Å². The van der Waals surface area contributed by atoms with Crippen LogP contribution in [0, 0.1) is 0 Å². The third-order valence-corrected chi connectivity index (χ3v) is 4.00. The molecule has 94 valence electrons. The van der Waals surface area contributed by atoms with E-state index in [0.29, 0.717) is 28.5 Å². The molecule has 0 amide bonds. The summed E-state index contributed by atoms with van der Waals surface area (Å²) in [5, 5.41) is 0. The summed E-state index contributed by atoms with van der Waals surface area (Å²) in [6, 6.07) is 8.87. The number of thiophene rings is 1. The number of rotatable bonds is 4. The lowest BCUT2D eigenvalue weighted by Gasteiger charge is -2.10. The van der Waals surface area contributed by atoms with Gasteiger partial charge in [0.2, 0.25) is 5.78 Å². The highest BCUT2D eigenvalue weighted by Crippen LogP contribution is 2.31. The zero-order chi connectivity index (χ0) is 13.1.